The number of para-hydroxylation sites is 1. The molecule has 1 aromatic carbocycles. The van der Waals surface area contributed by atoms with Gasteiger partial charge >= 0.3 is 5.97 Å². The molecular weight excluding hydrogens is 270 g/mol. The Morgan fingerprint density at radius 1 is 1.50 bits per heavy atom. The molecule has 4 heteroatoms. The first kappa shape index (κ1) is 12.8. The number of hydrogen-bond donors (Lipinski definition) is 1. The molecule has 3 nitrogen and oxygen atoms in total. The first-order valence-corrected chi connectivity index (χ1v) is 5.60. The van der Waals surface area contributed by atoms with Crippen LogP contribution in [0.3, 0.4) is 0 Å². The van der Waals surface area contributed by atoms with E-state index >= 15 is 0 Å². The third-order valence-corrected chi connectivity index (χ3v) is 2.79. The van der Waals surface area contributed by atoms with Crippen molar-refractivity contribution < 1.29 is 9.53 Å². The molecule has 0 aromatic heterocycles. The van der Waals surface area contributed by atoms with Gasteiger partial charge in [-0.25, -0.2) is 4.79 Å². The highest BCUT2D eigenvalue weighted by Gasteiger charge is 2.20. The number of rotatable bonds is 4. The third kappa shape index (κ3) is 3.10. The second-order valence-corrected chi connectivity index (χ2v) is 4.28. The number of benzene rings is 1. The Balaban J connectivity index is 2.88. The zero-order valence-electron chi connectivity index (χ0n) is 9.29. The molecule has 86 valence electrons. The van der Waals surface area contributed by atoms with E-state index in [0.29, 0.717) is 5.57 Å². The fourth-order valence-corrected chi connectivity index (χ4v) is 1.63. The Bertz CT molecular complexity index is 404. The van der Waals surface area contributed by atoms with Crippen molar-refractivity contribution in [1.82, 2.24) is 0 Å². The summed E-state index contributed by atoms with van der Waals surface area (Å²) in [5.74, 6) is -0.344. The van der Waals surface area contributed by atoms with Crippen LogP contribution >= 0.6 is 15.9 Å². The van der Waals surface area contributed by atoms with Gasteiger partial charge in [-0.1, -0.05) is 18.7 Å². The van der Waals surface area contributed by atoms with Gasteiger partial charge in [0, 0.05) is 10.2 Å². The molecule has 0 heterocycles. The van der Waals surface area contributed by atoms with E-state index in [2.05, 4.69) is 27.8 Å². The molecule has 0 saturated carbocycles. The zero-order valence-corrected chi connectivity index (χ0v) is 10.9. The molecule has 1 rings (SSSR count). The summed E-state index contributed by atoms with van der Waals surface area (Å²) < 4.78 is 5.60. The van der Waals surface area contributed by atoms with Gasteiger partial charge < -0.3 is 10.1 Å². The smallest absolute Gasteiger partial charge is 0.332 e. The van der Waals surface area contributed by atoms with Crippen molar-refractivity contribution in [3.8, 4) is 0 Å². The predicted molar refractivity (Wildman–Crippen MR) is 68.4 cm³/mol. The van der Waals surface area contributed by atoms with E-state index < -0.39 is 6.04 Å². The van der Waals surface area contributed by atoms with E-state index in [-0.39, 0.29) is 5.97 Å². The molecule has 0 radical (unpaired) electrons. The SMILES string of the molecule is C=C(C)C(Nc1ccccc1Br)C(=O)OC. The maximum Gasteiger partial charge on any atom is 0.332 e. The fourth-order valence-electron chi connectivity index (χ4n) is 1.23. The van der Waals surface area contributed by atoms with Crippen molar-refractivity contribution in [3.63, 3.8) is 0 Å². The maximum atomic E-state index is 11.5. The van der Waals surface area contributed by atoms with Crippen molar-refractivity contribution in [2.75, 3.05) is 12.4 Å². The Hall–Kier alpha value is -1.29. The molecule has 0 aliphatic rings. The van der Waals surface area contributed by atoms with Gasteiger partial charge in [-0.15, -0.1) is 0 Å². The summed E-state index contributed by atoms with van der Waals surface area (Å²) in [5, 5.41) is 3.08. The normalized spacial score (nSPS) is 11.7. The van der Waals surface area contributed by atoms with Crippen molar-refractivity contribution >= 4 is 27.6 Å². The first-order chi connectivity index (χ1) is 7.56. The van der Waals surface area contributed by atoms with Gasteiger partial charge in [-0.3, -0.25) is 0 Å². The summed E-state index contributed by atoms with van der Waals surface area (Å²) in [5.41, 5.74) is 1.54. The van der Waals surface area contributed by atoms with Gasteiger partial charge in [-0.2, -0.15) is 0 Å². The minimum absolute atomic E-state index is 0.344. The van der Waals surface area contributed by atoms with E-state index in [4.69, 9.17) is 4.74 Å². The molecule has 0 bridgehead atoms. The van der Waals surface area contributed by atoms with Crippen molar-refractivity contribution in [2.24, 2.45) is 0 Å². The average Bonchev–Trinajstić information content (AvgIpc) is 2.26. The van der Waals surface area contributed by atoms with Gasteiger partial charge in [-0.05, 0) is 40.6 Å². The molecule has 0 spiro atoms. The fraction of sp³-hybridized carbons (Fsp3) is 0.250. The average molecular weight is 284 g/mol. The standard InChI is InChI=1S/C12H14BrNO2/c1-8(2)11(12(15)16-3)14-10-7-5-4-6-9(10)13/h4-7,11,14H,1H2,2-3H3. The van der Waals surface area contributed by atoms with E-state index in [9.17, 15) is 4.79 Å². The summed E-state index contributed by atoms with van der Waals surface area (Å²) >= 11 is 3.40. The molecule has 0 saturated heterocycles. The molecule has 1 N–H and O–H groups in total. The molecule has 1 aromatic rings. The lowest BCUT2D eigenvalue weighted by molar-refractivity contribution is -0.140. The molecule has 0 amide bonds. The Labute approximate surface area is 104 Å². The molecule has 0 aliphatic heterocycles. The molecule has 16 heavy (non-hydrogen) atoms. The number of nitrogens with one attached hydrogen (secondary N) is 1. The molecule has 0 fully saturated rings. The number of methoxy groups -OCH3 is 1. The number of anilines is 1. The van der Waals surface area contributed by atoms with Crippen molar-refractivity contribution in [1.29, 1.82) is 0 Å². The van der Waals surface area contributed by atoms with Gasteiger partial charge in [0.25, 0.3) is 0 Å². The number of ether oxygens (including phenoxy) is 1. The lowest BCUT2D eigenvalue weighted by atomic mass is 10.1. The van der Waals surface area contributed by atoms with E-state index in [1.165, 1.54) is 7.11 Å². The van der Waals surface area contributed by atoms with Crippen LogP contribution in [0.15, 0.2) is 40.9 Å². The maximum absolute atomic E-state index is 11.5. The van der Waals surface area contributed by atoms with Crippen LogP contribution in [0.1, 0.15) is 6.92 Å². The Kier molecular flexibility index (Phi) is 4.55. The lowest BCUT2D eigenvalue weighted by Crippen LogP contribution is -2.31. The van der Waals surface area contributed by atoms with E-state index in [1.54, 1.807) is 6.92 Å². The van der Waals surface area contributed by atoms with Crippen LogP contribution in [0.4, 0.5) is 5.69 Å². The monoisotopic (exact) mass is 283 g/mol. The van der Waals surface area contributed by atoms with E-state index in [0.717, 1.165) is 10.2 Å². The summed E-state index contributed by atoms with van der Waals surface area (Å²) in [6.07, 6.45) is 0. The Morgan fingerprint density at radius 3 is 2.62 bits per heavy atom. The summed E-state index contributed by atoms with van der Waals surface area (Å²) in [7, 11) is 1.36. The quantitative estimate of drug-likeness (QED) is 0.682. The molecule has 1 atom stereocenters. The van der Waals surface area contributed by atoms with Gasteiger partial charge in [0.05, 0.1) is 7.11 Å². The number of carbonyl (C=O) groups excluding carboxylic acids is 1. The molecular formula is C12H14BrNO2. The van der Waals surface area contributed by atoms with Crippen molar-refractivity contribution in [2.45, 2.75) is 13.0 Å². The van der Waals surface area contributed by atoms with Crippen LogP contribution in [0, 0.1) is 0 Å². The molecule has 0 aliphatic carbocycles. The van der Waals surface area contributed by atoms with Crippen LogP contribution in [0.2, 0.25) is 0 Å². The van der Waals surface area contributed by atoms with Crippen LogP contribution in [-0.4, -0.2) is 19.1 Å². The minimum atomic E-state index is -0.524. The number of carbonyl (C=O) groups is 1. The Morgan fingerprint density at radius 2 is 2.12 bits per heavy atom. The number of hydrogen-bond acceptors (Lipinski definition) is 3. The van der Waals surface area contributed by atoms with Gasteiger partial charge in [0.2, 0.25) is 0 Å². The third-order valence-electron chi connectivity index (χ3n) is 2.10. The number of halogens is 1. The van der Waals surface area contributed by atoms with E-state index in [1.807, 2.05) is 24.3 Å². The second kappa shape index (κ2) is 5.70. The summed E-state index contributed by atoms with van der Waals surface area (Å²) in [4.78, 5) is 11.5. The van der Waals surface area contributed by atoms with Crippen LogP contribution in [0.5, 0.6) is 0 Å². The highest BCUT2D eigenvalue weighted by molar-refractivity contribution is 9.10. The zero-order chi connectivity index (χ0) is 12.1. The topological polar surface area (TPSA) is 38.3 Å². The predicted octanol–water partition coefficient (Wildman–Crippen LogP) is 2.98. The lowest BCUT2D eigenvalue weighted by Gasteiger charge is -2.18. The largest absolute Gasteiger partial charge is 0.467 e. The summed E-state index contributed by atoms with van der Waals surface area (Å²) in [6, 6.07) is 7.05. The minimum Gasteiger partial charge on any atom is -0.467 e. The first-order valence-electron chi connectivity index (χ1n) is 4.80. The van der Waals surface area contributed by atoms with Gasteiger partial charge in [0.1, 0.15) is 6.04 Å². The van der Waals surface area contributed by atoms with Crippen LogP contribution < -0.4 is 5.32 Å². The summed E-state index contributed by atoms with van der Waals surface area (Å²) in [6.45, 7) is 5.55. The van der Waals surface area contributed by atoms with Crippen molar-refractivity contribution in [3.05, 3.63) is 40.9 Å². The molecule has 1 unspecified atom stereocenters. The highest BCUT2D eigenvalue weighted by Crippen LogP contribution is 2.23. The van der Waals surface area contributed by atoms with Crippen LogP contribution in [-0.2, 0) is 9.53 Å². The second-order valence-electron chi connectivity index (χ2n) is 3.43. The number of esters is 1. The van der Waals surface area contributed by atoms with Crippen LogP contribution in [0.25, 0.3) is 0 Å². The highest BCUT2D eigenvalue weighted by atomic mass is 79.9. The van der Waals surface area contributed by atoms with Gasteiger partial charge in [0.15, 0.2) is 0 Å².